The summed E-state index contributed by atoms with van der Waals surface area (Å²) in [6, 6.07) is 0.600. The Hall–Kier alpha value is -1.36. The zero-order valence-corrected chi connectivity index (χ0v) is 16.2. The van der Waals surface area contributed by atoms with E-state index in [-0.39, 0.29) is 5.91 Å². The number of hydrogen-bond acceptors (Lipinski definition) is 3. The normalized spacial score (nSPS) is 18.8. The first-order chi connectivity index (χ1) is 11.3. The second kappa shape index (κ2) is 8.15. The second-order valence-corrected chi connectivity index (χ2v) is 7.95. The average molecular weight is 335 g/mol. The van der Waals surface area contributed by atoms with Gasteiger partial charge in [-0.15, -0.1) is 0 Å². The van der Waals surface area contributed by atoms with E-state index in [0.29, 0.717) is 24.3 Å². The summed E-state index contributed by atoms with van der Waals surface area (Å²) in [6.45, 7) is 16.9. The lowest BCUT2D eigenvalue weighted by molar-refractivity contribution is -0.120. The molecule has 2 rings (SSSR count). The number of aryl methyl sites for hydroxylation is 1. The molecule has 0 saturated carbocycles. The number of carbonyl (C=O) groups is 1. The first-order valence-electron chi connectivity index (χ1n) is 9.31. The molecule has 0 radical (unpaired) electrons. The molecule has 0 bridgehead atoms. The fourth-order valence-electron chi connectivity index (χ4n) is 3.49. The molecule has 0 aliphatic carbocycles. The van der Waals surface area contributed by atoms with Crippen LogP contribution in [0.15, 0.2) is 0 Å². The molecule has 1 fully saturated rings. The standard InChI is InChI=1S/C19H34N4O/c1-13(2)11-23-16(6)18(15(5)21-23)9-19(24)20-10-17-7-8-22(12-17)14(3)4/h13-14,17H,7-12H2,1-6H3,(H,20,24). The van der Waals surface area contributed by atoms with Crippen LogP contribution in [0.25, 0.3) is 0 Å². The Labute approximate surface area is 146 Å². The van der Waals surface area contributed by atoms with E-state index >= 15 is 0 Å². The van der Waals surface area contributed by atoms with E-state index in [0.717, 1.165) is 43.1 Å². The van der Waals surface area contributed by atoms with Gasteiger partial charge in [-0.05, 0) is 52.5 Å². The highest BCUT2D eigenvalue weighted by atomic mass is 16.1. The Balaban J connectivity index is 1.86. The third-order valence-electron chi connectivity index (χ3n) is 5.04. The molecule has 1 aliphatic rings. The van der Waals surface area contributed by atoms with Crippen LogP contribution in [0.2, 0.25) is 0 Å². The van der Waals surface area contributed by atoms with Gasteiger partial charge in [0.25, 0.3) is 0 Å². The van der Waals surface area contributed by atoms with Gasteiger partial charge in [0.2, 0.25) is 5.91 Å². The van der Waals surface area contributed by atoms with E-state index in [1.165, 1.54) is 6.42 Å². The van der Waals surface area contributed by atoms with Crippen LogP contribution >= 0.6 is 0 Å². The Morgan fingerprint density at radius 1 is 1.29 bits per heavy atom. The number of likely N-dealkylation sites (tertiary alicyclic amines) is 1. The van der Waals surface area contributed by atoms with E-state index in [4.69, 9.17) is 0 Å². The third kappa shape index (κ3) is 4.82. The molecule has 1 unspecified atom stereocenters. The number of rotatable bonds is 7. The van der Waals surface area contributed by atoms with Crippen molar-refractivity contribution < 1.29 is 4.79 Å². The van der Waals surface area contributed by atoms with Crippen molar-refractivity contribution in [3.05, 3.63) is 17.0 Å². The molecule has 24 heavy (non-hydrogen) atoms. The molecule has 1 atom stereocenters. The van der Waals surface area contributed by atoms with Crippen LogP contribution in [0.4, 0.5) is 0 Å². The van der Waals surface area contributed by atoms with Crippen molar-refractivity contribution in [3.63, 3.8) is 0 Å². The van der Waals surface area contributed by atoms with Gasteiger partial charge < -0.3 is 10.2 Å². The van der Waals surface area contributed by atoms with Gasteiger partial charge >= 0.3 is 0 Å². The molecule has 1 aromatic heterocycles. The van der Waals surface area contributed by atoms with Gasteiger partial charge in [-0.25, -0.2) is 0 Å². The molecular weight excluding hydrogens is 300 g/mol. The summed E-state index contributed by atoms with van der Waals surface area (Å²) in [4.78, 5) is 14.8. The molecule has 1 amide bonds. The van der Waals surface area contributed by atoms with Crippen LogP contribution in [-0.2, 0) is 17.8 Å². The summed E-state index contributed by atoms with van der Waals surface area (Å²) in [5.41, 5.74) is 3.20. The van der Waals surface area contributed by atoms with Crippen LogP contribution < -0.4 is 5.32 Å². The second-order valence-electron chi connectivity index (χ2n) is 7.95. The van der Waals surface area contributed by atoms with E-state index in [9.17, 15) is 4.79 Å². The molecule has 2 heterocycles. The Kier molecular flexibility index (Phi) is 6.44. The number of carbonyl (C=O) groups excluding carboxylic acids is 1. The number of amides is 1. The number of nitrogens with one attached hydrogen (secondary N) is 1. The first kappa shape index (κ1) is 19.0. The molecular formula is C19H34N4O. The van der Waals surface area contributed by atoms with Crippen molar-refractivity contribution in [2.24, 2.45) is 11.8 Å². The Morgan fingerprint density at radius 2 is 2.00 bits per heavy atom. The SMILES string of the molecule is Cc1nn(CC(C)C)c(C)c1CC(=O)NCC1CCN(C(C)C)C1. The van der Waals surface area contributed by atoms with E-state index in [1.54, 1.807) is 0 Å². The van der Waals surface area contributed by atoms with Crippen molar-refractivity contribution >= 4 is 5.91 Å². The largest absolute Gasteiger partial charge is 0.355 e. The van der Waals surface area contributed by atoms with Gasteiger partial charge in [-0.3, -0.25) is 9.48 Å². The Morgan fingerprint density at radius 3 is 2.58 bits per heavy atom. The van der Waals surface area contributed by atoms with E-state index in [1.807, 2.05) is 11.6 Å². The van der Waals surface area contributed by atoms with E-state index < -0.39 is 0 Å². The van der Waals surface area contributed by atoms with Crippen molar-refractivity contribution in [3.8, 4) is 0 Å². The van der Waals surface area contributed by atoms with Crippen LogP contribution in [-0.4, -0.2) is 46.3 Å². The molecule has 1 aromatic rings. The van der Waals surface area contributed by atoms with Crippen LogP contribution in [0, 0.1) is 25.7 Å². The van der Waals surface area contributed by atoms with Crippen molar-refractivity contribution in [1.29, 1.82) is 0 Å². The van der Waals surface area contributed by atoms with Gasteiger partial charge in [-0.1, -0.05) is 13.8 Å². The maximum atomic E-state index is 12.4. The molecule has 5 nitrogen and oxygen atoms in total. The molecule has 5 heteroatoms. The predicted octanol–water partition coefficient (Wildman–Crippen LogP) is 2.54. The minimum atomic E-state index is 0.119. The summed E-state index contributed by atoms with van der Waals surface area (Å²) in [7, 11) is 0. The minimum absolute atomic E-state index is 0.119. The highest BCUT2D eigenvalue weighted by Crippen LogP contribution is 2.18. The van der Waals surface area contributed by atoms with Crippen LogP contribution in [0.5, 0.6) is 0 Å². The van der Waals surface area contributed by atoms with E-state index in [2.05, 4.69) is 49.9 Å². The Bertz CT molecular complexity index is 562. The lowest BCUT2D eigenvalue weighted by atomic mass is 10.1. The quantitative estimate of drug-likeness (QED) is 0.834. The summed E-state index contributed by atoms with van der Waals surface area (Å²) in [6.07, 6.45) is 1.62. The number of hydrogen-bond donors (Lipinski definition) is 1. The molecule has 0 spiro atoms. The first-order valence-corrected chi connectivity index (χ1v) is 9.31. The predicted molar refractivity (Wildman–Crippen MR) is 98.1 cm³/mol. The fraction of sp³-hybridized carbons (Fsp3) is 0.789. The lowest BCUT2D eigenvalue weighted by Gasteiger charge is -2.20. The monoisotopic (exact) mass is 334 g/mol. The summed E-state index contributed by atoms with van der Waals surface area (Å²) >= 11 is 0. The van der Waals surface area contributed by atoms with Gasteiger partial charge in [0.15, 0.2) is 0 Å². The summed E-state index contributed by atoms with van der Waals surface area (Å²) in [5, 5.41) is 7.73. The average Bonchev–Trinajstić information content (AvgIpc) is 3.06. The topological polar surface area (TPSA) is 50.2 Å². The molecule has 0 aromatic carbocycles. The smallest absolute Gasteiger partial charge is 0.224 e. The van der Waals surface area contributed by atoms with Crippen molar-refractivity contribution in [2.75, 3.05) is 19.6 Å². The zero-order chi connectivity index (χ0) is 17.9. The maximum absolute atomic E-state index is 12.4. The number of nitrogens with zero attached hydrogens (tertiary/aromatic N) is 3. The summed E-state index contributed by atoms with van der Waals surface area (Å²) in [5.74, 6) is 1.26. The molecule has 1 saturated heterocycles. The van der Waals surface area contributed by atoms with Crippen LogP contribution in [0.3, 0.4) is 0 Å². The minimum Gasteiger partial charge on any atom is -0.355 e. The molecule has 1 N–H and O–H groups in total. The molecule has 1 aliphatic heterocycles. The number of aromatic nitrogens is 2. The highest BCUT2D eigenvalue weighted by Gasteiger charge is 2.24. The van der Waals surface area contributed by atoms with Gasteiger partial charge in [0.05, 0.1) is 12.1 Å². The van der Waals surface area contributed by atoms with Crippen molar-refractivity contribution in [2.45, 2.75) is 67.0 Å². The lowest BCUT2D eigenvalue weighted by Crippen LogP contribution is -2.33. The molecule has 136 valence electrons. The fourth-order valence-corrected chi connectivity index (χ4v) is 3.49. The zero-order valence-electron chi connectivity index (χ0n) is 16.2. The van der Waals surface area contributed by atoms with Gasteiger partial charge in [-0.2, -0.15) is 5.10 Å². The van der Waals surface area contributed by atoms with Gasteiger partial charge in [0.1, 0.15) is 0 Å². The summed E-state index contributed by atoms with van der Waals surface area (Å²) < 4.78 is 2.04. The third-order valence-corrected chi connectivity index (χ3v) is 5.04. The van der Waals surface area contributed by atoms with Crippen molar-refractivity contribution in [1.82, 2.24) is 20.0 Å². The highest BCUT2D eigenvalue weighted by molar-refractivity contribution is 5.79. The van der Waals surface area contributed by atoms with Gasteiger partial charge in [0, 0.05) is 36.9 Å². The van der Waals surface area contributed by atoms with Crippen LogP contribution in [0.1, 0.15) is 51.1 Å². The maximum Gasteiger partial charge on any atom is 0.224 e.